The number of phenols is 1. The number of benzene rings is 1. The summed E-state index contributed by atoms with van der Waals surface area (Å²) in [5.74, 6) is 0.175. The molecule has 3 heteroatoms. The third-order valence-electron chi connectivity index (χ3n) is 2.02. The molecule has 0 spiro atoms. The lowest BCUT2D eigenvalue weighted by Crippen LogP contribution is -2.07. The van der Waals surface area contributed by atoms with Crippen LogP contribution in [0, 0.1) is 5.82 Å². The zero-order valence-corrected chi connectivity index (χ0v) is 7.01. The summed E-state index contributed by atoms with van der Waals surface area (Å²) < 4.78 is 18.3. The first-order chi connectivity index (χ1) is 6.16. The largest absolute Gasteiger partial charge is 0.508 e. The van der Waals surface area contributed by atoms with E-state index < -0.39 is 5.82 Å². The van der Waals surface area contributed by atoms with Crippen molar-refractivity contribution in [1.82, 2.24) is 0 Å². The van der Waals surface area contributed by atoms with Crippen LogP contribution >= 0.6 is 0 Å². The van der Waals surface area contributed by atoms with Crippen LogP contribution in [-0.4, -0.2) is 5.11 Å². The van der Waals surface area contributed by atoms with Crippen LogP contribution in [0.25, 0.3) is 0 Å². The second-order valence-electron chi connectivity index (χ2n) is 3.06. The van der Waals surface area contributed by atoms with Gasteiger partial charge in [0.2, 0.25) is 0 Å². The zero-order chi connectivity index (χ0) is 9.42. The Morgan fingerprint density at radius 2 is 2.15 bits per heavy atom. The maximum atomic E-state index is 13.2. The molecule has 0 amide bonds. The molecule has 0 atom stereocenters. The van der Waals surface area contributed by atoms with Crippen LogP contribution in [0.3, 0.4) is 0 Å². The number of fused-ring (bicyclic) bond motifs is 1. The van der Waals surface area contributed by atoms with Gasteiger partial charge in [-0.2, -0.15) is 0 Å². The average Bonchev–Trinajstić information content (AvgIpc) is 2.06. The molecular formula is C10H9FO2. The van der Waals surface area contributed by atoms with Crippen molar-refractivity contribution in [2.75, 3.05) is 0 Å². The van der Waals surface area contributed by atoms with Crippen LogP contribution in [0.5, 0.6) is 11.5 Å². The molecule has 1 aromatic rings. The molecule has 0 fully saturated rings. The quantitative estimate of drug-likeness (QED) is 0.664. The van der Waals surface area contributed by atoms with Crippen molar-refractivity contribution < 1.29 is 14.2 Å². The Kier molecular flexibility index (Phi) is 1.72. The van der Waals surface area contributed by atoms with E-state index in [1.165, 1.54) is 6.07 Å². The Balaban J connectivity index is 2.53. The Hall–Kier alpha value is -1.51. The maximum Gasteiger partial charge on any atom is 0.169 e. The first-order valence-corrected chi connectivity index (χ1v) is 4.04. The molecule has 13 heavy (non-hydrogen) atoms. The van der Waals surface area contributed by atoms with Crippen molar-refractivity contribution in [3.05, 3.63) is 35.9 Å². The Morgan fingerprint density at radius 1 is 1.38 bits per heavy atom. The van der Waals surface area contributed by atoms with E-state index in [2.05, 4.69) is 6.58 Å². The fraction of sp³-hybridized carbons (Fsp3) is 0.200. The normalized spacial score (nSPS) is 15.0. The molecule has 0 aromatic heterocycles. The number of ether oxygens (including phenoxy) is 1. The van der Waals surface area contributed by atoms with E-state index >= 15 is 0 Å². The van der Waals surface area contributed by atoms with E-state index in [9.17, 15) is 4.39 Å². The molecule has 0 saturated carbocycles. The summed E-state index contributed by atoms with van der Waals surface area (Å²) in [4.78, 5) is 0. The molecule has 1 aliphatic heterocycles. The van der Waals surface area contributed by atoms with Gasteiger partial charge in [0.05, 0.1) is 5.76 Å². The van der Waals surface area contributed by atoms with Crippen molar-refractivity contribution in [3.63, 3.8) is 0 Å². The highest BCUT2D eigenvalue weighted by atomic mass is 19.1. The average molecular weight is 180 g/mol. The van der Waals surface area contributed by atoms with Crippen LogP contribution in [0.4, 0.5) is 4.39 Å². The molecule has 68 valence electrons. The highest BCUT2D eigenvalue weighted by molar-refractivity contribution is 5.43. The fourth-order valence-corrected chi connectivity index (χ4v) is 1.40. The van der Waals surface area contributed by atoms with Crippen molar-refractivity contribution in [2.24, 2.45) is 0 Å². The van der Waals surface area contributed by atoms with Gasteiger partial charge in [-0.05, 0) is 12.5 Å². The number of rotatable bonds is 0. The number of phenolic OH excluding ortho intramolecular Hbond substituents is 1. The highest BCUT2D eigenvalue weighted by Crippen LogP contribution is 2.34. The van der Waals surface area contributed by atoms with Crippen LogP contribution in [0.1, 0.15) is 12.0 Å². The van der Waals surface area contributed by atoms with E-state index in [-0.39, 0.29) is 11.5 Å². The summed E-state index contributed by atoms with van der Waals surface area (Å²) in [6, 6.07) is 2.56. The minimum absolute atomic E-state index is 0.0626. The van der Waals surface area contributed by atoms with Crippen molar-refractivity contribution in [1.29, 1.82) is 0 Å². The molecule has 1 aliphatic rings. The smallest absolute Gasteiger partial charge is 0.169 e. The van der Waals surface area contributed by atoms with Gasteiger partial charge in [0, 0.05) is 18.1 Å². The molecule has 0 bridgehead atoms. The SMILES string of the molecule is C=C1CCc2cc(O)cc(F)c2O1. The number of aromatic hydroxyl groups is 1. The fourth-order valence-electron chi connectivity index (χ4n) is 1.40. The summed E-state index contributed by atoms with van der Waals surface area (Å²) in [7, 11) is 0. The van der Waals surface area contributed by atoms with Gasteiger partial charge in [-0.25, -0.2) is 4.39 Å². The maximum absolute atomic E-state index is 13.2. The molecule has 2 nitrogen and oxygen atoms in total. The third-order valence-corrected chi connectivity index (χ3v) is 2.02. The Morgan fingerprint density at radius 3 is 2.92 bits per heavy atom. The van der Waals surface area contributed by atoms with E-state index in [0.717, 1.165) is 6.07 Å². The van der Waals surface area contributed by atoms with Gasteiger partial charge in [0.25, 0.3) is 0 Å². The number of aryl methyl sites for hydroxylation is 1. The van der Waals surface area contributed by atoms with Gasteiger partial charge < -0.3 is 9.84 Å². The van der Waals surface area contributed by atoms with Gasteiger partial charge >= 0.3 is 0 Å². The van der Waals surface area contributed by atoms with Crippen molar-refractivity contribution >= 4 is 0 Å². The monoisotopic (exact) mass is 180 g/mol. The first-order valence-electron chi connectivity index (χ1n) is 4.04. The molecule has 1 heterocycles. The lowest BCUT2D eigenvalue weighted by Gasteiger charge is -2.19. The number of halogens is 1. The summed E-state index contributed by atoms with van der Waals surface area (Å²) in [6.45, 7) is 3.63. The van der Waals surface area contributed by atoms with E-state index in [1.807, 2.05) is 0 Å². The van der Waals surface area contributed by atoms with Crippen LogP contribution in [0.15, 0.2) is 24.5 Å². The lowest BCUT2D eigenvalue weighted by molar-refractivity contribution is 0.353. The standard InChI is InChI=1S/C10H9FO2/c1-6-2-3-7-4-8(12)5-9(11)10(7)13-6/h4-5,12H,1-3H2. The second kappa shape index (κ2) is 2.76. The predicted octanol–water partition coefficient (Wildman–Crippen LogP) is 2.37. The second-order valence-corrected chi connectivity index (χ2v) is 3.06. The molecular weight excluding hydrogens is 171 g/mol. The minimum atomic E-state index is -0.532. The molecule has 0 aliphatic carbocycles. The van der Waals surface area contributed by atoms with Crippen LogP contribution < -0.4 is 4.74 Å². The van der Waals surface area contributed by atoms with Crippen LogP contribution in [-0.2, 0) is 6.42 Å². The minimum Gasteiger partial charge on any atom is -0.508 e. The molecule has 2 rings (SSSR count). The van der Waals surface area contributed by atoms with Crippen molar-refractivity contribution in [2.45, 2.75) is 12.8 Å². The number of hydrogen-bond acceptors (Lipinski definition) is 2. The summed E-state index contributed by atoms with van der Waals surface area (Å²) in [5, 5.41) is 9.12. The van der Waals surface area contributed by atoms with Crippen molar-refractivity contribution in [3.8, 4) is 11.5 Å². The van der Waals surface area contributed by atoms with E-state index in [0.29, 0.717) is 24.2 Å². The third kappa shape index (κ3) is 1.37. The van der Waals surface area contributed by atoms with Gasteiger partial charge in [0.15, 0.2) is 11.6 Å². The predicted molar refractivity (Wildman–Crippen MR) is 46.2 cm³/mol. The molecule has 1 N–H and O–H groups in total. The highest BCUT2D eigenvalue weighted by Gasteiger charge is 2.18. The zero-order valence-electron chi connectivity index (χ0n) is 7.01. The lowest BCUT2D eigenvalue weighted by atomic mass is 10.0. The molecule has 0 saturated heterocycles. The Bertz CT molecular complexity index is 371. The Labute approximate surface area is 75.3 Å². The van der Waals surface area contributed by atoms with E-state index in [1.54, 1.807) is 0 Å². The van der Waals surface area contributed by atoms with Gasteiger partial charge in [-0.15, -0.1) is 0 Å². The summed E-state index contributed by atoms with van der Waals surface area (Å²) in [5.41, 5.74) is 0.699. The molecule has 0 unspecified atom stereocenters. The van der Waals surface area contributed by atoms with Gasteiger partial charge in [-0.1, -0.05) is 6.58 Å². The molecule has 1 aromatic carbocycles. The van der Waals surface area contributed by atoms with E-state index in [4.69, 9.17) is 9.84 Å². The van der Waals surface area contributed by atoms with Gasteiger partial charge in [0.1, 0.15) is 5.75 Å². The number of allylic oxidation sites excluding steroid dienone is 1. The number of hydrogen-bond donors (Lipinski definition) is 1. The summed E-state index contributed by atoms with van der Waals surface area (Å²) in [6.07, 6.45) is 1.34. The molecule has 0 radical (unpaired) electrons. The summed E-state index contributed by atoms with van der Waals surface area (Å²) >= 11 is 0. The first kappa shape index (κ1) is 8.10. The van der Waals surface area contributed by atoms with Gasteiger partial charge in [-0.3, -0.25) is 0 Å². The van der Waals surface area contributed by atoms with Crippen LogP contribution in [0.2, 0.25) is 0 Å². The topological polar surface area (TPSA) is 29.5 Å².